The molecule has 0 spiro atoms. The van der Waals surface area contributed by atoms with Crippen molar-refractivity contribution in [3.8, 4) is 11.4 Å². The first kappa shape index (κ1) is 10.3. The zero-order valence-corrected chi connectivity index (χ0v) is 8.79. The molecular weight excluding hydrogens is 206 g/mol. The van der Waals surface area contributed by atoms with E-state index in [0.29, 0.717) is 23.6 Å². The average Bonchev–Trinajstić information content (AvgIpc) is 2.74. The first-order chi connectivity index (χ1) is 7.72. The molecular formula is C10H11N5O. The van der Waals surface area contributed by atoms with Gasteiger partial charge >= 0.3 is 0 Å². The van der Waals surface area contributed by atoms with Crippen LogP contribution in [0.25, 0.3) is 11.4 Å². The summed E-state index contributed by atoms with van der Waals surface area (Å²) in [6.45, 7) is 2.47. The molecule has 1 amide bonds. The predicted octanol–water partition coefficient (Wildman–Crippen LogP) is 0.459. The Balaban J connectivity index is 2.48. The van der Waals surface area contributed by atoms with Gasteiger partial charge in [-0.15, -0.1) is 0 Å². The molecule has 16 heavy (non-hydrogen) atoms. The summed E-state index contributed by atoms with van der Waals surface area (Å²) < 4.78 is 1.55. The molecule has 0 unspecified atom stereocenters. The Morgan fingerprint density at radius 1 is 1.44 bits per heavy atom. The van der Waals surface area contributed by atoms with Crippen LogP contribution in [0, 0.1) is 0 Å². The summed E-state index contributed by atoms with van der Waals surface area (Å²) in [6, 6.07) is 1.62. The van der Waals surface area contributed by atoms with Crippen molar-refractivity contribution in [1.29, 1.82) is 0 Å². The van der Waals surface area contributed by atoms with Crippen LogP contribution in [0.1, 0.15) is 17.4 Å². The topological polar surface area (TPSA) is 86.7 Å². The van der Waals surface area contributed by atoms with Gasteiger partial charge in [0.2, 0.25) is 0 Å². The highest BCUT2D eigenvalue weighted by atomic mass is 16.1. The Kier molecular flexibility index (Phi) is 2.63. The summed E-state index contributed by atoms with van der Waals surface area (Å²) in [5.74, 6) is -0.496. The lowest BCUT2D eigenvalue weighted by molar-refractivity contribution is 0.0990. The summed E-state index contributed by atoms with van der Waals surface area (Å²) in [7, 11) is 0. The molecule has 0 aliphatic heterocycles. The van der Waals surface area contributed by atoms with Gasteiger partial charge < -0.3 is 5.73 Å². The van der Waals surface area contributed by atoms with Gasteiger partial charge in [-0.1, -0.05) is 0 Å². The van der Waals surface area contributed by atoms with Gasteiger partial charge in [0.05, 0.1) is 6.20 Å². The summed E-state index contributed by atoms with van der Waals surface area (Å²) in [5.41, 5.74) is 6.85. The van der Waals surface area contributed by atoms with E-state index in [1.807, 2.05) is 6.92 Å². The minimum Gasteiger partial charge on any atom is -0.364 e. The van der Waals surface area contributed by atoms with Crippen molar-refractivity contribution in [1.82, 2.24) is 19.7 Å². The van der Waals surface area contributed by atoms with Gasteiger partial charge in [0.1, 0.15) is 17.1 Å². The number of nitrogens with two attached hydrogens (primary N) is 1. The number of carbonyl (C=O) groups excluding carboxylic acids is 1. The zero-order valence-electron chi connectivity index (χ0n) is 8.79. The number of rotatable bonds is 3. The van der Waals surface area contributed by atoms with Crippen molar-refractivity contribution in [2.45, 2.75) is 13.5 Å². The Bertz CT molecular complexity index is 505. The number of amides is 1. The fourth-order valence-corrected chi connectivity index (χ4v) is 1.41. The van der Waals surface area contributed by atoms with Crippen molar-refractivity contribution in [2.24, 2.45) is 5.73 Å². The van der Waals surface area contributed by atoms with Gasteiger partial charge in [-0.3, -0.25) is 19.4 Å². The number of primary amides is 1. The van der Waals surface area contributed by atoms with Crippen LogP contribution in [0.15, 0.2) is 24.7 Å². The molecule has 2 aromatic rings. The van der Waals surface area contributed by atoms with Gasteiger partial charge in [-0.05, 0) is 13.0 Å². The van der Waals surface area contributed by atoms with Gasteiger partial charge in [0, 0.05) is 18.9 Å². The molecule has 2 heterocycles. The first-order valence-corrected chi connectivity index (χ1v) is 4.86. The van der Waals surface area contributed by atoms with E-state index in [0.717, 1.165) is 0 Å². The Labute approximate surface area is 92.1 Å². The summed E-state index contributed by atoms with van der Waals surface area (Å²) in [4.78, 5) is 19.2. The fourth-order valence-electron chi connectivity index (χ4n) is 1.41. The van der Waals surface area contributed by atoms with E-state index >= 15 is 0 Å². The second kappa shape index (κ2) is 4.09. The average molecular weight is 217 g/mol. The van der Waals surface area contributed by atoms with Gasteiger partial charge in [0.25, 0.3) is 5.91 Å². The molecule has 0 saturated heterocycles. The van der Waals surface area contributed by atoms with Crippen LogP contribution < -0.4 is 5.73 Å². The Morgan fingerprint density at radius 2 is 2.25 bits per heavy atom. The molecule has 0 bridgehead atoms. The molecule has 0 aromatic carbocycles. The zero-order chi connectivity index (χ0) is 11.5. The van der Waals surface area contributed by atoms with Crippen LogP contribution in [-0.4, -0.2) is 25.7 Å². The molecule has 6 nitrogen and oxygen atoms in total. The van der Waals surface area contributed by atoms with Gasteiger partial charge in [0.15, 0.2) is 0 Å². The Morgan fingerprint density at radius 3 is 2.75 bits per heavy atom. The van der Waals surface area contributed by atoms with E-state index < -0.39 is 5.91 Å². The van der Waals surface area contributed by atoms with E-state index in [-0.39, 0.29) is 0 Å². The minimum absolute atomic E-state index is 0.378. The third-order valence-corrected chi connectivity index (χ3v) is 2.16. The highest BCUT2D eigenvalue weighted by Crippen LogP contribution is 2.15. The van der Waals surface area contributed by atoms with E-state index in [1.54, 1.807) is 29.3 Å². The standard InChI is InChI=1S/C10H11N5O/c1-2-15-9(10(11)16)5-7(14-15)8-6-12-3-4-13-8/h3-6H,2H2,1H3,(H2,11,16). The number of nitrogens with zero attached hydrogens (tertiary/aromatic N) is 4. The highest BCUT2D eigenvalue weighted by Gasteiger charge is 2.13. The maximum absolute atomic E-state index is 11.2. The minimum atomic E-state index is -0.496. The maximum Gasteiger partial charge on any atom is 0.266 e. The maximum atomic E-state index is 11.2. The number of aryl methyl sites for hydroxylation is 1. The predicted molar refractivity (Wildman–Crippen MR) is 57.4 cm³/mol. The van der Waals surface area contributed by atoms with Crippen molar-refractivity contribution in [3.63, 3.8) is 0 Å². The summed E-state index contributed by atoms with van der Waals surface area (Å²) in [6.07, 6.45) is 4.74. The molecule has 2 rings (SSSR count). The number of aromatic nitrogens is 4. The van der Waals surface area contributed by atoms with E-state index in [2.05, 4.69) is 15.1 Å². The summed E-state index contributed by atoms with van der Waals surface area (Å²) in [5, 5.41) is 4.23. The number of hydrogen-bond acceptors (Lipinski definition) is 4. The van der Waals surface area contributed by atoms with E-state index in [1.165, 1.54) is 0 Å². The second-order valence-electron chi connectivity index (χ2n) is 3.19. The lowest BCUT2D eigenvalue weighted by Gasteiger charge is -1.98. The SMILES string of the molecule is CCn1nc(-c2cnccn2)cc1C(N)=O. The monoisotopic (exact) mass is 217 g/mol. The number of carbonyl (C=O) groups is 1. The van der Waals surface area contributed by atoms with Crippen molar-refractivity contribution in [2.75, 3.05) is 0 Å². The molecule has 82 valence electrons. The lowest BCUT2D eigenvalue weighted by atomic mass is 10.3. The Hall–Kier alpha value is -2.24. The van der Waals surface area contributed by atoms with E-state index in [4.69, 9.17) is 5.73 Å². The molecule has 2 aromatic heterocycles. The molecule has 0 aliphatic carbocycles. The third kappa shape index (κ3) is 1.77. The molecule has 0 saturated carbocycles. The van der Waals surface area contributed by atoms with Crippen LogP contribution >= 0.6 is 0 Å². The second-order valence-corrected chi connectivity index (χ2v) is 3.19. The smallest absolute Gasteiger partial charge is 0.266 e. The van der Waals surface area contributed by atoms with Crippen LogP contribution in [-0.2, 0) is 6.54 Å². The summed E-state index contributed by atoms with van der Waals surface area (Å²) >= 11 is 0. The van der Waals surface area contributed by atoms with Crippen LogP contribution in [0.5, 0.6) is 0 Å². The van der Waals surface area contributed by atoms with Crippen molar-refractivity contribution in [3.05, 3.63) is 30.4 Å². The fraction of sp³-hybridized carbons (Fsp3) is 0.200. The van der Waals surface area contributed by atoms with Gasteiger partial charge in [-0.25, -0.2) is 0 Å². The normalized spacial score (nSPS) is 10.3. The molecule has 0 radical (unpaired) electrons. The first-order valence-electron chi connectivity index (χ1n) is 4.86. The number of hydrogen-bond donors (Lipinski definition) is 1. The quantitative estimate of drug-likeness (QED) is 0.809. The highest BCUT2D eigenvalue weighted by molar-refractivity contribution is 5.92. The van der Waals surface area contributed by atoms with Crippen LogP contribution in [0.4, 0.5) is 0 Å². The third-order valence-electron chi connectivity index (χ3n) is 2.16. The molecule has 0 fully saturated rings. The lowest BCUT2D eigenvalue weighted by Crippen LogP contribution is -2.16. The van der Waals surface area contributed by atoms with Crippen LogP contribution in [0.2, 0.25) is 0 Å². The van der Waals surface area contributed by atoms with Gasteiger partial charge in [-0.2, -0.15) is 5.10 Å². The van der Waals surface area contributed by atoms with Crippen LogP contribution in [0.3, 0.4) is 0 Å². The van der Waals surface area contributed by atoms with Crippen molar-refractivity contribution < 1.29 is 4.79 Å². The molecule has 6 heteroatoms. The molecule has 2 N–H and O–H groups in total. The molecule has 0 atom stereocenters. The van der Waals surface area contributed by atoms with E-state index in [9.17, 15) is 4.79 Å². The molecule has 0 aliphatic rings. The largest absolute Gasteiger partial charge is 0.364 e. The van der Waals surface area contributed by atoms with Crippen molar-refractivity contribution >= 4 is 5.91 Å².